The third-order valence-electron chi connectivity index (χ3n) is 4.76. The molecule has 0 bridgehead atoms. The van der Waals surface area contributed by atoms with Gasteiger partial charge in [-0.2, -0.15) is 0 Å². The molecular weight excluding hydrogens is 334 g/mol. The first kappa shape index (κ1) is 19.2. The van der Waals surface area contributed by atoms with Crippen LogP contribution < -0.4 is 4.74 Å². The molecule has 0 aliphatic rings. The number of benzene rings is 2. The Hall–Kier alpha value is -2.55. The number of rotatable bonds is 10. The molecule has 0 fully saturated rings. The highest BCUT2D eigenvalue weighted by Crippen LogP contribution is 2.27. The number of hydrogen-bond acceptors (Lipinski definition) is 3. The quantitative estimate of drug-likeness (QED) is 0.362. The van der Waals surface area contributed by atoms with E-state index in [1.807, 2.05) is 30.3 Å². The predicted molar refractivity (Wildman–Crippen MR) is 111 cm³/mol. The molecule has 27 heavy (non-hydrogen) atoms. The van der Waals surface area contributed by atoms with Crippen molar-refractivity contribution in [3.8, 4) is 28.3 Å². The molecular formula is C24H29NO2. The van der Waals surface area contributed by atoms with Gasteiger partial charge in [0.15, 0.2) is 5.76 Å². The van der Waals surface area contributed by atoms with Gasteiger partial charge in [-0.15, -0.1) is 0 Å². The van der Waals surface area contributed by atoms with E-state index in [1.54, 1.807) is 0 Å². The summed E-state index contributed by atoms with van der Waals surface area (Å²) >= 11 is 0. The van der Waals surface area contributed by atoms with Gasteiger partial charge in [-0.1, -0.05) is 74.0 Å². The Morgan fingerprint density at radius 1 is 0.815 bits per heavy atom. The van der Waals surface area contributed by atoms with E-state index >= 15 is 0 Å². The number of ether oxygens (including phenoxy) is 1. The van der Waals surface area contributed by atoms with E-state index in [2.05, 4.69) is 43.3 Å². The molecule has 3 nitrogen and oxygen atoms in total. The fraction of sp³-hybridized carbons (Fsp3) is 0.375. The number of aromatic nitrogens is 1. The molecule has 1 heterocycles. The van der Waals surface area contributed by atoms with E-state index in [-0.39, 0.29) is 0 Å². The molecule has 0 radical (unpaired) electrons. The summed E-state index contributed by atoms with van der Waals surface area (Å²) < 4.78 is 11.4. The normalized spacial score (nSPS) is 10.9. The Morgan fingerprint density at radius 3 is 2.22 bits per heavy atom. The van der Waals surface area contributed by atoms with Gasteiger partial charge in [-0.3, -0.25) is 0 Å². The van der Waals surface area contributed by atoms with E-state index in [0.29, 0.717) is 0 Å². The summed E-state index contributed by atoms with van der Waals surface area (Å²) in [6.45, 7) is 5.11. The third kappa shape index (κ3) is 5.72. The van der Waals surface area contributed by atoms with E-state index < -0.39 is 0 Å². The monoisotopic (exact) mass is 363 g/mol. The van der Waals surface area contributed by atoms with Crippen molar-refractivity contribution in [3.05, 3.63) is 60.2 Å². The summed E-state index contributed by atoms with van der Waals surface area (Å²) in [5, 5.41) is 4.20. The highest BCUT2D eigenvalue weighted by atomic mass is 16.5. The molecule has 2 aromatic carbocycles. The minimum Gasteiger partial charge on any atom is -0.494 e. The number of nitrogens with zero attached hydrogens (tertiary/aromatic N) is 1. The van der Waals surface area contributed by atoms with Crippen LogP contribution in [0.2, 0.25) is 0 Å². The largest absolute Gasteiger partial charge is 0.494 e. The lowest BCUT2D eigenvalue weighted by molar-refractivity contribution is 0.304. The molecule has 0 aliphatic heterocycles. The van der Waals surface area contributed by atoms with Crippen LogP contribution in [-0.2, 0) is 0 Å². The lowest BCUT2D eigenvalue weighted by atomic mass is 10.1. The lowest BCUT2D eigenvalue weighted by Crippen LogP contribution is -1.97. The molecule has 0 saturated carbocycles. The van der Waals surface area contributed by atoms with Gasteiger partial charge in [0, 0.05) is 17.2 Å². The van der Waals surface area contributed by atoms with Crippen LogP contribution in [0.15, 0.2) is 59.1 Å². The summed E-state index contributed by atoms with van der Waals surface area (Å²) in [5.74, 6) is 1.68. The maximum Gasteiger partial charge on any atom is 0.167 e. The number of hydrogen-bond donors (Lipinski definition) is 0. The van der Waals surface area contributed by atoms with Crippen molar-refractivity contribution in [2.45, 2.75) is 52.4 Å². The lowest BCUT2D eigenvalue weighted by Gasteiger charge is -2.06. The molecule has 0 unspecified atom stereocenters. The standard InChI is InChI=1S/C24H29NO2/c1-3-4-5-6-7-8-17-26-22-15-13-21(14-16-22)24-18-23(25-27-24)20-11-9-19(2)10-12-20/h9-16,18H,3-8,17H2,1-2H3. The second-order valence-corrected chi connectivity index (χ2v) is 7.08. The van der Waals surface area contributed by atoms with Crippen LogP contribution >= 0.6 is 0 Å². The third-order valence-corrected chi connectivity index (χ3v) is 4.76. The van der Waals surface area contributed by atoms with Crippen molar-refractivity contribution in [1.82, 2.24) is 5.16 Å². The topological polar surface area (TPSA) is 35.3 Å². The smallest absolute Gasteiger partial charge is 0.167 e. The van der Waals surface area contributed by atoms with E-state index in [4.69, 9.17) is 9.26 Å². The van der Waals surface area contributed by atoms with Gasteiger partial charge in [0.05, 0.1) is 6.61 Å². The van der Waals surface area contributed by atoms with Crippen molar-refractivity contribution in [2.24, 2.45) is 0 Å². The van der Waals surface area contributed by atoms with Crippen LogP contribution in [0.4, 0.5) is 0 Å². The van der Waals surface area contributed by atoms with E-state index in [9.17, 15) is 0 Å². The summed E-state index contributed by atoms with van der Waals surface area (Å²) in [4.78, 5) is 0. The van der Waals surface area contributed by atoms with Gasteiger partial charge in [-0.25, -0.2) is 0 Å². The van der Waals surface area contributed by atoms with Gasteiger partial charge in [0.25, 0.3) is 0 Å². The van der Waals surface area contributed by atoms with Crippen molar-refractivity contribution >= 4 is 0 Å². The zero-order chi connectivity index (χ0) is 18.9. The highest BCUT2D eigenvalue weighted by Gasteiger charge is 2.08. The fourth-order valence-electron chi connectivity index (χ4n) is 3.06. The Labute approximate surface area is 162 Å². The molecule has 0 N–H and O–H groups in total. The molecule has 0 spiro atoms. The molecule has 142 valence electrons. The fourth-order valence-corrected chi connectivity index (χ4v) is 3.06. The van der Waals surface area contributed by atoms with Crippen LogP contribution in [0.3, 0.4) is 0 Å². The van der Waals surface area contributed by atoms with Gasteiger partial charge < -0.3 is 9.26 Å². The van der Waals surface area contributed by atoms with Crippen molar-refractivity contribution < 1.29 is 9.26 Å². The summed E-state index contributed by atoms with van der Waals surface area (Å²) in [5.41, 5.74) is 4.16. The van der Waals surface area contributed by atoms with E-state index in [1.165, 1.54) is 37.7 Å². The second kappa shape index (κ2) is 9.96. The first-order valence-corrected chi connectivity index (χ1v) is 10.0. The zero-order valence-corrected chi connectivity index (χ0v) is 16.4. The summed E-state index contributed by atoms with van der Waals surface area (Å²) in [6, 6.07) is 18.3. The minimum absolute atomic E-state index is 0.771. The maximum atomic E-state index is 5.84. The minimum atomic E-state index is 0.771. The van der Waals surface area contributed by atoms with Crippen LogP contribution in [0.25, 0.3) is 22.6 Å². The molecule has 3 aromatic rings. The summed E-state index contributed by atoms with van der Waals surface area (Å²) in [6.07, 6.45) is 7.65. The Kier molecular flexibility index (Phi) is 7.09. The molecule has 0 saturated heterocycles. The zero-order valence-electron chi connectivity index (χ0n) is 16.4. The average Bonchev–Trinajstić information content (AvgIpc) is 3.18. The van der Waals surface area contributed by atoms with Gasteiger partial charge >= 0.3 is 0 Å². The molecule has 3 rings (SSSR count). The molecule has 0 atom stereocenters. The van der Waals surface area contributed by atoms with Crippen LogP contribution in [-0.4, -0.2) is 11.8 Å². The highest BCUT2D eigenvalue weighted by molar-refractivity contribution is 5.67. The first-order valence-electron chi connectivity index (χ1n) is 10.0. The van der Waals surface area contributed by atoms with Crippen LogP contribution in [0.5, 0.6) is 5.75 Å². The van der Waals surface area contributed by atoms with Crippen molar-refractivity contribution in [2.75, 3.05) is 6.61 Å². The van der Waals surface area contributed by atoms with Crippen molar-refractivity contribution in [3.63, 3.8) is 0 Å². The molecule has 3 heteroatoms. The maximum absolute atomic E-state index is 5.84. The Balaban J connectivity index is 1.51. The first-order chi connectivity index (χ1) is 13.3. The van der Waals surface area contributed by atoms with E-state index in [0.717, 1.165) is 41.4 Å². The molecule has 0 aliphatic carbocycles. The number of aryl methyl sites for hydroxylation is 1. The second-order valence-electron chi connectivity index (χ2n) is 7.08. The SMILES string of the molecule is CCCCCCCCOc1ccc(-c2cc(-c3ccc(C)cc3)no2)cc1. The average molecular weight is 364 g/mol. The van der Waals surface area contributed by atoms with Gasteiger partial charge in [-0.05, 0) is 37.6 Å². The Bertz CT molecular complexity index is 803. The van der Waals surface area contributed by atoms with Crippen LogP contribution in [0, 0.1) is 6.92 Å². The number of unbranched alkanes of at least 4 members (excludes halogenated alkanes) is 5. The molecule has 1 aromatic heterocycles. The predicted octanol–water partition coefficient (Wildman–Crippen LogP) is 7.06. The van der Waals surface area contributed by atoms with Crippen molar-refractivity contribution in [1.29, 1.82) is 0 Å². The summed E-state index contributed by atoms with van der Waals surface area (Å²) in [7, 11) is 0. The molecule has 0 amide bonds. The van der Waals surface area contributed by atoms with Gasteiger partial charge in [0.2, 0.25) is 0 Å². The van der Waals surface area contributed by atoms with Gasteiger partial charge in [0.1, 0.15) is 11.4 Å². The van der Waals surface area contributed by atoms with Crippen LogP contribution in [0.1, 0.15) is 51.0 Å². The Morgan fingerprint density at radius 2 is 1.48 bits per heavy atom.